The van der Waals surface area contributed by atoms with Crippen LogP contribution in [0.2, 0.25) is 0 Å². The van der Waals surface area contributed by atoms with Crippen LogP contribution in [0, 0.1) is 5.82 Å². The lowest BCUT2D eigenvalue weighted by Crippen LogP contribution is -2.12. The van der Waals surface area contributed by atoms with E-state index in [0.29, 0.717) is 13.1 Å². The van der Waals surface area contributed by atoms with E-state index in [4.69, 9.17) is 0 Å². The lowest BCUT2D eigenvalue weighted by Gasteiger charge is -2.02. The van der Waals surface area contributed by atoms with E-state index in [-0.39, 0.29) is 5.82 Å². The van der Waals surface area contributed by atoms with Crippen molar-refractivity contribution in [3.05, 3.63) is 59.1 Å². The molecular formula is C13H12FN3S. The normalized spacial score (nSPS) is 11.2. The van der Waals surface area contributed by atoms with Gasteiger partial charge in [-0.1, -0.05) is 12.1 Å². The molecule has 0 radical (unpaired) electrons. The molecule has 2 heterocycles. The Morgan fingerprint density at radius 3 is 3.11 bits per heavy atom. The van der Waals surface area contributed by atoms with Crippen molar-refractivity contribution in [3.63, 3.8) is 0 Å². The van der Waals surface area contributed by atoms with E-state index in [1.165, 1.54) is 6.07 Å². The van der Waals surface area contributed by atoms with Crippen LogP contribution in [0.3, 0.4) is 0 Å². The van der Waals surface area contributed by atoms with Gasteiger partial charge in [0.15, 0.2) is 4.96 Å². The molecule has 1 aromatic carbocycles. The van der Waals surface area contributed by atoms with Gasteiger partial charge in [-0.3, -0.25) is 4.40 Å². The molecule has 0 saturated heterocycles. The van der Waals surface area contributed by atoms with Crippen LogP contribution in [0.1, 0.15) is 11.3 Å². The van der Waals surface area contributed by atoms with Crippen molar-refractivity contribution >= 4 is 16.3 Å². The predicted molar refractivity (Wildman–Crippen MR) is 70.0 cm³/mol. The molecule has 92 valence electrons. The summed E-state index contributed by atoms with van der Waals surface area (Å²) in [4.78, 5) is 5.46. The summed E-state index contributed by atoms with van der Waals surface area (Å²) in [6.45, 7) is 1.33. The first-order chi connectivity index (χ1) is 8.81. The lowest BCUT2D eigenvalue weighted by atomic mass is 10.2. The van der Waals surface area contributed by atoms with Crippen molar-refractivity contribution in [2.24, 2.45) is 0 Å². The van der Waals surface area contributed by atoms with Gasteiger partial charge in [0.1, 0.15) is 5.82 Å². The summed E-state index contributed by atoms with van der Waals surface area (Å²) in [6.07, 6.45) is 3.99. The molecule has 0 fully saturated rings. The number of nitrogens with zero attached hydrogens (tertiary/aromatic N) is 2. The van der Waals surface area contributed by atoms with Crippen LogP contribution < -0.4 is 5.32 Å². The van der Waals surface area contributed by atoms with Gasteiger partial charge in [-0.2, -0.15) is 0 Å². The number of imidazole rings is 1. The number of halogens is 1. The van der Waals surface area contributed by atoms with Crippen molar-refractivity contribution < 1.29 is 4.39 Å². The molecule has 0 unspecified atom stereocenters. The van der Waals surface area contributed by atoms with Crippen molar-refractivity contribution in [3.8, 4) is 0 Å². The first-order valence-electron chi connectivity index (χ1n) is 5.67. The van der Waals surface area contributed by atoms with Gasteiger partial charge in [0.25, 0.3) is 0 Å². The molecule has 0 aliphatic carbocycles. The number of rotatable bonds is 4. The van der Waals surface area contributed by atoms with Gasteiger partial charge in [0.05, 0.1) is 5.69 Å². The van der Waals surface area contributed by atoms with E-state index in [0.717, 1.165) is 16.2 Å². The van der Waals surface area contributed by atoms with Crippen molar-refractivity contribution in [2.45, 2.75) is 13.1 Å². The number of thiazole rings is 1. The molecule has 3 aromatic rings. The highest BCUT2D eigenvalue weighted by Gasteiger charge is 2.02. The zero-order chi connectivity index (χ0) is 12.4. The fourth-order valence-electron chi connectivity index (χ4n) is 1.84. The zero-order valence-electron chi connectivity index (χ0n) is 9.64. The minimum Gasteiger partial charge on any atom is -0.307 e. The second-order valence-electron chi connectivity index (χ2n) is 4.06. The summed E-state index contributed by atoms with van der Waals surface area (Å²) < 4.78 is 15.0. The number of fused-ring (bicyclic) bond motifs is 1. The van der Waals surface area contributed by atoms with Crippen molar-refractivity contribution in [2.75, 3.05) is 0 Å². The number of hydrogen-bond donors (Lipinski definition) is 1. The van der Waals surface area contributed by atoms with E-state index < -0.39 is 0 Å². The second-order valence-corrected chi connectivity index (χ2v) is 4.93. The smallest absolute Gasteiger partial charge is 0.193 e. The molecule has 5 heteroatoms. The van der Waals surface area contributed by atoms with Gasteiger partial charge < -0.3 is 5.32 Å². The molecule has 3 nitrogen and oxygen atoms in total. The predicted octanol–water partition coefficient (Wildman–Crippen LogP) is 2.82. The zero-order valence-corrected chi connectivity index (χ0v) is 10.5. The van der Waals surface area contributed by atoms with Gasteiger partial charge in [-0.05, 0) is 17.7 Å². The minimum atomic E-state index is -0.197. The summed E-state index contributed by atoms with van der Waals surface area (Å²) >= 11 is 1.61. The lowest BCUT2D eigenvalue weighted by molar-refractivity contribution is 0.619. The monoisotopic (exact) mass is 261 g/mol. The molecule has 0 amide bonds. The highest BCUT2D eigenvalue weighted by Crippen LogP contribution is 2.11. The summed E-state index contributed by atoms with van der Waals surface area (Å²) in [6, 6.07) is 6.62. The van der Waals surface area contributed by atoms with Crippen molar-refractivity contribution in [1.29, 1.82) is 0 Å². The first kappa shape index (κ1) is 11.4. The maximum atomic E-state index is 13.0. The molecular weight excluding hydrogens is 249 g/mol. The molecule has 3 rings (SSSR count). The summed E-state index contributed by atoms with van der Waals surface area (Å²) in [5.41, 5.74) is 1.94. The molecule has 0 aliphatic heterocycles. The Morgan fingerprint density at radius 1 is 1.33 bits per heavy atom. The third-order valence-electron chi connectivity index (χ3n) is 2.67. The Kier molecular flexibility index (Phi) is 3.08. The molecule has 0 atom stereocenters. The molecule has 18 heavy (non-hydrogen) atoms. The van der Waals surface area contributed by atoms with E-state index in [9.17, 15) is 4.39 Å². The maximum absolute atomic E-state index is 13.0. The van der Waals surface area contributed by atoms with Gasteiger partial charge in [0.2, 0.25) is 0 Å². The molecule has 1 N–H and O–H groups in total. The van der Waals surface area contributed by atoms with E-state index in [1.807, 2.05) is 28.2 Å². The molecule has 0 saturated carbocycles. The molecule has 2 aromatic heterocycles. The van der Waals surface area contributed by atoms with Gasteiger partial charge >= 0.3 is 0 Å². The highest BCUT2D eigenvalue weighted by atomic mass is 32.1. The highest BCUT2D eigenvalue weighted by molar-refractivity contribution is 7.15. The summed E-state index contributed by atoms with van der Waals surface area (Å²) in [5.74, 6) is -0.197. The van der Waals surface area contributed by atoms with Crippen LogP contribution in [-0.4, -0.2) is 9.38 Å². The Morgan fingerprint density at radius 2 is 2.28 bits per heavy atom. The Labute approximate surface area is 108 Å². The topological polar surface area (TPSA) is 29.3 Å². The first-order valence-corrected chi connectivity index (χ1v) is 6.55. The van der Waals surface area contributed by atoms with Crippen LogP contribution in [0.4, 0.5) is 4.39 Å². The largest absolute Gasteiger partial charge is 0.307 e. The second kappa shape index (κ2) is 4.88. The Balaban J connectivity index is 1.60. The fraction of sp³-hybridized carbons (Fsp3) is 0.154. The maximum Gasteiger partial charge on any atom is 0.193 e. The van der Waals surface area contributed by atoms with Crippen LogP contribution in [-0.2, 0) is 13.1 Å². The van der Waals surface area contributed by atoms with E-state index >= 15 is 0 Å². The average Bonchev–Trinajstić information content (AvgIpc) is 2.89. The van der Waals surface area contributed by atoms with Gasteiger partial charge in [-0.15, -0.1) is 11.3 Å². The van der Waals surface area contributed by atoms with E-state index in [1.54, 1.807) is 23.5 Å². The molecule has 0 aliphatic rings. The van der Waals surface area contributed by atoms with Crippen LogP contribution in [0.25, 0.3) is 4.96 Å². The standard InChI is InChI=1S/C13H12FN3S/c14-11-3-1-2-10(6-11)7-15-8-12-9-17-4-5-18-13(17)16-12/h1-6,9,15H,7-8H2. The fourth-order valence-corrected chi connectivity index (χ4v) is 2.56. The van der Waals surface area contributed by atoms with Crippen LogP contribution >= 0.6 is 11.3 Å². The number of benzene rings is 1. The van der Waals surface area contributed by atoms with Crippen molar-refractivity contribution in [1.82, 2.24) is 14.7 Å². The number of nitrogens with one attached hydrogen (secondary N) is 1. The Hall–Kier alpha value is -1.72. The molecule has 0 bridgehead atoms. The number of aromatic nitrogens is 2. The quantitative estimate of drug-likeness (QED) is 0.782. The number of hydrogen-bond acceptors (Lipinski definition) is 3. The summed E-state index contributed by atoms with van der Waals surface area (Å²) in [5, 5.41) is 5.26. The Bertz CT molecular complexity index is 630. The van der Waals surface area contributed by atoms with Gasteiger partial charge in [-0.25, -0.2) is 9.37 Å². The molecule has 0 spiro atoms. The minimum absolute atomic E-state index is 0.197. The van der Waals surface area contributed by atoms with E-state index in [2.05, 4.69) is 10.3 Å². The summed E-state index contributed by atoms with van der Waals surface area (Å²) in [7, 11) is 0. The van der Waals surface area contributed by atoms with Gasteiger partial charge in [0, 0.05) is 30.9 Å². The third-order valence-corrected chi connectivity index (χ3v) is 3.44. The van der Waals surface area contributed by atoms with Crippen LogP contribution in [0.5, 0.6) is 0 Å². The SMILES string of the molecule is Fc1cccc(CNCc2cn3ccsc3n2)c1. The average molecular weight is 261 g/mol. The third kappa shape index (κ3) is 2.42. The van der Waals surface area contributed by atoms with Crippen LogP contribution in [0.15, 0.2) is 42.0 Å².